The van der Waals surface area contributed by atoms with Crippen LogP contribution in [0.1, 0.15) is 6.92 Å². The molecule has 0 fully saturated rings. The molecule has 1 aromatic carbocycles. The van der Waals surface area contributed by atoms with Crippen molar-refractivity contribution in [2.45, 2.75) is 6.92 Å². The second-order valence-electron chi connectivity index (χ2n) is 3.70. The van der Waals surface area contributed by atoms with Crippen LogP contribution in [0.25, 0.3) is 0 Å². The predicted molar refractivity (Wildman–Crippen MR) is 68.6 cm³/mol. The summed E-state index contributed by atoms with van der Waals surface area (Å²) in [5.41, 5.74) is 0. The van der Waals surface area contributed by atoms with Crippen molar-refractivity contribution < 1.29 is 18.7 Å². The van der Waals surface area contributed by atoms with Crippen LogP contribution in [-0.4, -0.2) is 31.5 Å². The summed E-state index contributed by atoms with van der Waals surface area (Å²) in [6.45, 7) is 1.85. The van der Waals surface area contributed by atoms with Crippen molar-refractivity contribution in [3.05, 3.63) is 29.0 Å². The van der Waals surface area contributed by atoms with E-state index in [4.69, 9.17) is 16.3 Å². The van der Waals surface area contributed by atoms with Crippen LogP contribution in [0, 0.1) is 5.82 Å². The molecule has 0 saturated heterocycles. The third kappa shape index (κ3) is 6.05. The molecular weight excluding hydrogens is 275 g/mol. The molecule has 0 aliphatic heterocycles. The van der Waals surface area contributed by atoms with E-state index >= 15 is 0 Å². The summed E-state index contributed by atoms with van der Waals surface area (Å²) in [4.78, 5) is 21.9. The summed E-state index contributed by atoms with van der Waals surface area (Å²) in [7, 11) is 0. The molecule has 0 saturated carbocycles. The van der Waals surface area contributed by atoms with Crippen molar-refractivity contribution in [1.82, 2.24) is 10.6 Å². The molecule has 5 nitrogen and oxygen atoms in total. The Hall–Kier alpha value is -1.82. The summed E-state index contributed by atoms with van der Waals surface area (Å²) in [6, 6.07) is 3.83. The van der Waals surface area contributed by atoms with Gasteiger partial charge in [-0.05, 0) is 12.1 Å². The highest BCUT2D eigenvalue weighted by Gasteiger charge is 2.05. The molecule has 19 heavy (non-hydrogen) atoms. The van der Waals surface area contributed by atoms with Crippen LogP contribution in [0.15, 0.2) is 18.2 Å². The molecule has 2 amide bonds. The summed E-state index contributed by atoms with van der Waals surface area (Å²) in [5, 5.41) is 5.02. The molecule has 0 unspecified atom stereocenters. The molecule has 1 rings (SSSR count). The SMILES string of the molecule is CC(=O)NCCNC(=O)COc1ccc(F)c(Cl)c1. The van der Waals surface area contributed by atoms with E-state index in [1.807, 2.05) is 0 Å². The molecule has 0 heterocycles. The van der Waals surface area contributed by atoms with E-state index in [-0.39, 0.29) is 23.4 Å². The van der Waals surface area contributed by atoms with Gasteiger partial charge >= 0.3 is 0 Å². The second-order valence-corrected chi connectivity index (χ2v) is 4.10. The minimum absolute atomic E-state index is 0.0661. The number of hydrogen-bond donors (Lipinski definition) is 2. The normalized spacial score (nSPS) is 9.84. The standard InChI is InChI=1S/C12H14ClFN2O3/c1-8(17)15-4-5-16-12(18)7-19-9-2-3-11(14)10(13)6-9/h2-3,6H,4-5,7H2,1H3,(H,15,17)(H,16,18). The fourth-order valence-electron chi connectivity index (χ4n) is 1.21. The molecule has 0 spiro atoms. The van der Waals surface area contributed by atoms with Gasteiger partial charge in [0.25, 0.3) is 5.91 Å². The second kappa shape index (κ2) is 7.58. The van der Waals surface area contributed by atoms with Crippen molar-refractivity contribution in [1.29, 1.82) is 0 Å². The van der Waals surface area contributed by atoms with Gasteiger partial charge in [-0.25, -0.2) is 4.39 Å². The van der Waals surface area contributed by atoms with Crippen LogP contribution in [0.3, 0.4) is 0 Å². The lowest BCUT2D eigenvalue weighted by molar-refractivity contribution is -0.123. The molecule has 0 aliphatic rings. The van der Waals surface area contributed by atoms with Gasteiger partial charge in [-0.15, -0.1) is 0 Å². The average Bonchev–Trinajstić information content (AvgIpc) is 2.36. The lowest BCUT2D eigenvalue weighted by Gasteiger charge is -2.08. The number of benzene rings is 1. The first kappa shape index (κ1) is 15.2. The van der Waals surface area contributed by atoms with Gasteiger partial charge in [-0.2, -0.15) is 0 Å². The number of rotatable bonds is 6. The van der Waals surface area contributed by atoms with Crippen LogP contribution >= 0.6 is 11.6 Å². The third-order valence-corrected chi connectivity index (χ3v) is 2.37. The summed E-state index contributed by atoms with van der Waals surface area (Å²) >= 11 is 5.57. The van der Waals surface area contributed by atoms with Gasteiger partial charge in [0.15, 0.2) is 6.61 Å². The van der Waals surface area contributed by atoms with Gasteiger partial charge in [-0.1, -0.05) is 11.6 Å². The molecule has 1 aromatic rings. The number of hydrogen-bond acceptors (Lipinski definition) is 3. The van der Waals surface area contributed by atoms with Crippen LogP contribution < -0.4 is 15.4 Å². The molecule has 104 valence electrons. The van der Waals surface area contributed by atoms with E-state index < -0.39 is 5.82 Å². The highest BCUT2D eigenvalue weighted by atomic mass is 35.5. The van der Waals surface area contributed by atoms with Crippen LogP contribution in [0.2, 0.25) is 5.02 Å². The maximum absolute atomic E-state index is 12.9. The Morgan fingerprint density at radius 1 is 1.32 bits per heavy atom. The number of amides is 2. The molecule has 7 heteroatoms. The van der Waals surface area contributed by atoms with Crippen LogP contribution in [0.5, 0.6) is 5.75 Å². The van der Waals surface area contributed by atoms with E-state index in [1.54, 1.807) is 0 Å². The molecule has 2 N–H and O–H groups in total. The molecule has 0 aliphatic carbocycles. The topological polar surface area (TPSA) is 67.4 Å². The van der Waals surface area contributed by atoms with E-state index in [0.717, 1.165) is 6.07 Å². The first-order chi connectivity index (χ1) is 8.99. The van der Waals surface area contributed by atoms with Crippen LogP contribution in [0.4, 0.5) is 4.39 Å². The Balaban J connectivity index is 2.26. The highest BCUT2D eigenvalue weighted by molar-refractivity contribution is 6.30. The van der Waals surface area contributed by atoms with Crippen molar-refractivity contribution in [3.63, 3.8) is 0 Å². The first-order valence-corrected chi connectivity index (χ1v) is 5.96. The lowest BCUT2D eigenvalue weighted by atomic mass is 10.3. The Labute approximate surface area is 115 Å². The first-order valence-electron chi connectivity index (χ1n) is 5.58. The zero-order valence-corrected chi connectivity index (χ0v) is 11.1. The molecular formula is C12H14ClFN2O3. The maximum Gasteiger partial charge on any atom is 0.258 e. The van der Waals surface area contributed by atoms with Gasteiger partial charge in [0.1, 0.15) is 11.6 Å². The van der Waals surface area contributed by atoms with Gasteiger partial charge in [0, 0.05) is 26.1 Å². The maximum atomic E-state index is 12.9. The van der Waals surface area contributed by atoms with Crippen molar-refractivity contribution in [2.24, 2.45) is 0 Å². The van der Waals surface area contributed by atoms with Crippen molar-refractivity contribution in [3.8, 4) is 5.75 Å². The molecule has 0 radical (unpaired) electrons. The lowest BCUT2D eigenvalue weighted by Crippen LogP contribution is -2.36. The Morgan fingerprint density at radius 2 is 2.00 bits per heavy atom. The Bertz CT molecular complexity index is 468. The quantitative estimate of drug-likeness (QED) is 0.771. The number of carbonyl (C=O) groups excluding carboxylic acids is 2. The fraction of sp³-hybridized carbons (Fsp3) is 0.333. The van der Waals surface area contributed by atoms with E-state index in [1.165, 1.54) is 19.1 Å². The smallest absolute Gasteiger partial charge is 0.258 e. The Kier molecular flexibility index (Phi) is 6.08. The fourth-order valence-corrected chi connectivity index (χ4v) is 1.38. The van der Waals surface area contributed by atoms with Gasteiger partial charge in [0.05, 0.1) is 5.02 Å². The van der Waals surface area contributed by atoms with Gasteiger partial charge in [-0.3, -0.25) is 9.59 Å². The highest BCUT2D eigenvalue weighted by Crippen LogP contribution is 2.20. The zero-order valence-electron chi connectivity index (χ0n) is 10.3. The predicted octanol–water partition coefficient (Wildman–Crippen LogP) is 1.11. The number of ether oxygens (including phenoxy) is 1. The van der Waals surface area contributed by atoms with Crippen molar-refractivity contribution in [2.75, 3.05) is 19.7 Å². The number of halogens is 2. The minimum atomic E-state index is -0.547. The van der Waals surface area contributed by atoms with Crippen LogP contribution in [-0.2, 0) is 9.59 Å². The monoisotopic (exact) mass is 288 g/mol. The molecule has 0 aromatic heterocycles. The van der Waals surface area contributed by atoms with Crippen molar-refractivity contribution >= 4 is 23.4 Å². The average molecular weight is 289 g/mol. The summed E-state index contributed by atoms with van der Waals surface area (Å²) in [5.74, 6) is -0.741. The largest absolute Gasteiger partial charge is 0.484 e. The zero-order chi connectivity index (χ0) is 14.3. The Morgan fingerprint density at radius 3 is 2.63 bits per heavy atom. The van der Waals surface area contributed by atoms with E-state index in [2.05, 4.69) is 10.6 Å². The third-order valence-electron chi connectivity index (χ3n) is 2.08. The van der Waals surface area contributed by atoms with Gasteiger partial charge < -0.3 is 15.4 Å². The molecule has 0 atom stereocenters. The summed E-state index contributed by atoms with van der Waals surface area (Å²) < 4.78 is 18.0. The summed E-state index contributed by atoms with van der Waals surface area (Å²) in [6.07, 6.45) is 0. The minimum Gasteiger partial charge on any atom is -0.484 e. The van der Waals surface area contributed by atoms with E-state index in [0.29, 0.717) is 18.8 Å². The number of nitrogens with one attached hydrogen (secondary N) is 2. The number of carbonyl (C=O) groups is 2. The molecule has 0 bridgehead atoms. The van der Waals surface area contributed by atoms with E-state index in [9.17, 15) is 14.0 Å². The van der Waals surface area contributed by atoms with Gasteiger partial charge in [0.2, 0.25) is 5.91 Å².